The van der Waals surface area contributed by atoms with Crippen molar-refractivity contribution in [3.8, 4) is 0 Å². The van der Waals surface area contributed by atoms with Gasteiger partial charge in [0.15, 0.2) is 0 Å². The van der Waals surface area contributed by atoms with Crippen molar-refractivity contribution < 1.29 is 9.90 Å². The molecule has 1 amide bonds. The normalized spacial score (nSPS) is 11.3. The summed E-state index contributed by atoms with van der Waals surface area (Å²) in [5, 5.41) is 11.5. The first-order valence-corrected chi connectivity index (χ1v) is 5.32. The van der Waals surface area contributed by atoms with Crippen LogP contribution in [0, 0.1) is 0 Å². The minimum atomic E-state index is -0.290. The van der Waals surface area contributed by atoms with E-state index in [9.17, 15) is 4.79 Å². The third-order valence-electron chi connectivity index (χ3n) is 1.49. The first-order valence-electron chi connectivity index (χ1n) is 3.92. The van der Waals surface area contributed by atoms with Crippen LogP contribution in [0.3, 0.4) is 0 Å². The Labute approximate surface area is 77.9 Å². The zero-order chi connectivity index (χ0) is 9.61. The van der Waals surface area contributed by atoms with Gasteiger partial charge in [-0.25, -0.2) is 0 Å². The highest BCUT2D eigenvalue weighted by molar-refractivity contribution is 7.99. The van der Waals surface area contributed by atoms with Crippen LogP contribution in [0.15, 0.2) is 0 Å². The summed E-state index contributed by atoms with van der Waals surface area (Å²) in [6.45, 7) is 3.91. The van der Waals surface area contributed by atoms with Crippen molar-refractivity contribution in [3.05, 3.63) is 0 Å². The monoisotopic (exact) mass is 191 g/mol. The fraction of sp³-hybridized carbons (Fsp3) is 0.875. The van der Waals surface area contributed by atoms with Gasteiger partial charge in [-0.15, -0.1) is 0 Å². The van der Waals surface area contributed by atoms with Gasteiger partial charge in [0, 0.05) is 12.1 Å². The summed E-state index contributed by atoms with van der Waals surface area (Å²) in [7, 11) is 0. The molecule has 0 aromatic rings. The van der Waals surface area contributed by atoms with Gasteiger partial charge in [0.05, 0.1) is 5.75 Å². The Balaban J connectivity index is 3.79. The number of nitrogens with one attached hydrogen (secondary N) is 1. The lowest BCUT2D eigenvalue weighted by Crippen LogP contribution is -2.44. The number of hydrogen-bond acceptors (Lipinski definition) is 3. The maximum absolute atomic E-state index is 11.1. The molecule has 0 saturated carbocycles. The SMILES string of the molecule is CSCC(=O)NC(C)(C)CCO. The van der Waals surface area contributed by atoms with E-state index in [1.54, 1.807) is 0 Å². The van der Waals surface area contributed by atoms with Crippen LogP contribution in [0.5, 0.6) is 0 Å². The third kappa shape index (κ3) is 5.43. The van der Waals surface area contributed by atoms with Gasteiger partial charge in [-0.1, -0.05) is 0 Å². The molecular weight excluding hydrogens is 174 g/mol. The molecule has 0 fully saturated rings. The molecule has 0 aliphatic carbocycles. The van der Waals surface area contributed by atoms with Crippen LogP contribution in [-0.4, -0.2) is 35.2 Å². The number of thioether (sulfide) groups is 1. The Morgan fingerprint density at radius 2 is 2.17 bits per heavy atom. The van der Waals surface area contributed by atoms with Gasteiger partial charge in [0.2, 0.25) is 5.91 Å². The van der Waals surface area contributed by atoms with Crippen molar-refractivity contribution in [2.75, 3.05) is 18.6 Å². The lowest BCUT2D eigenvalue weighted by molar-refractivity contribution is -0.120. The predicted octanol–water partition coefficient (Wildman–Crippen LogP) is 0.627. The topological polar surface area (TPSA) is 49.3 Å². The van der Waals surface area contributed by atoms with Crippen molar-refractivity contribution in [3.63, 3.8) is 0 Å². The third-order valence-corrected chi connectivity index (χ3v) is 2.04. The quantitative estimate of drug-likeness (QED) is 0.670. The Bertz CT molecular complexity index is 148. The lowest BCUT2D eigenvalue weighted by Gasteiger charge is -2.25. The maximum atomic E-state index is 11.1. The molecular formula is C8H17NO2S. The van der Waals surface area contributed by atoms with Gasteiger partial charge in [0.25, 0.3) is 0 Å². The number of amides is 1. The smallest absolute Gasteiger partial charge is 0.230 e. The number of hydrogen-bond donors (Lipinski definition) is 2. The van der Waals surface area contributed by atoms with Crippen molar-refractivity contribution in [1.82, 2.24) is 5.32 Å². The molecule has 0 rings (SSSR count). The number of aliphatic hydroxyl groups excluding tert-OH is 1. The molecule has 0 atom stereocenters. The van der Waals surface area contributed by atoms with Crippen molar-refractivity contribution in [2.45, 2.75) is 25.8 Å². The second-order valence-electron chi connectivity index (χ2n) is 3.34. The Morgan fingerprint density at radius 3 is 2.58 bits per heavy atom. The summed E-state index contributed by atoms with van der Waals surface area (Å²) < 4.78 is 0. The van der Waals surface area contributed by atoms with Crippen LogP contribution < -0.4 is 5.32 Å². The number of aliphatic hydroxyl groups is 1. The van der Waals surface area contributed by atoms with Crippen molar-refractivity contribution >= 4 is 17.7 Å². The molecule has 0 aliphatic rings. The van der Waals surface area contributed by atoms with E-state index in [2.05, 4.69) is 5.32 Å². The fourth-order valence-corrected chi connectivity index (χ4v) is 1.22. The molecule has 4 heteroatoms. The first-order chi connectivity index (χ1) is 5.52. The summed E-state index contributed by atoms with van der Waals surface area (Å²) in [4.78, 5) is 11.1. The highest BCUT2D eigenvalue weighted by Crippen LogP contribution is 2.07. The summed E-state index contributed by atoms with van der Waals surface area (Å²) in [6.07, 6.45) is 2.48. The van der Waals surface area contributed by atoms with E-state index in [1.807, 2.05) is 20.1 Å². The van der Waals surface area contributed by atoms with Crippen molar-refractivity contribution in [1.29, 1.82) is 0 Å². The van der Waals surface area contributed by atoms with Crippen LogP contribution in [0.4, 0.5) is 0 Å². The standard InChI is InChI=1S/C8H17NO2S/c1-8(2,4-5-10)9-7(11)6-12-3/h10H,4-6H2,1-3H3,(H,9,11). The molecule has 72 valence electrons. The summed E-state index contributed by atoms with van der Waals surface area (Å²) in [5.74, 6) is 0.510. The first kappa shape index (κ1) is 11.8. The lowest BCUT2D eigenvalue weighted by atomic mass is 10.0. The number of carbonyl (C=O) groups excluding carboxylic acids is 1. The molecule has 0 bridgehead atoms. The van der Waals surface area contributed by atoms with Gasteiger partial charge in [-0.3, -0.25) is 4.79 Å². The summed E-state index contributed by atoms with van der Waals surface area (Å²) in [5.41, 5.74) is -0.290. The van der Waals surface area contributed by atoms with E-state index in [-0.39, 0.29) is 18.1 Å². The van der Waals surface area contributed by atoms with Gasteiger partial charge < -0.3 is 10.4 Å². The van der Waals surface area contributed by atoms with Crippen LogP contribution in [0.2, 0.25) is 0 Å². The van der Waals surface area contributed by atoms with E-state index in [0.29, 0.717) is 12.2 Å². The zero-order valence-electron chi connectivity index (χ0n) is 7.89. The predicted molar refractivity (Wildman–Crippen MR) is 52.3 cm³/mol. The molecule has 2 N–H and O–H groups in total. The van der Waals surface area contributed by atoms with Gasteiger partial charge >= 0.3 is 0 Å². The molecule has 0 heterocycles. The van der Waals surface area contributed by atoms with Gasteiger partial charge in [0.1, 0.15) is 0 Å². The van der Waals surface area contributed by atoms with E-state index in [1.165, 1.54) is 11.8 Å². The molecule has 3 nitrogen and oxygen atoms in total. The molecule has 0 aromatic heterocycles. The minimum Gasteiger partial charge on any atom is -0.396 e. The van der Waals surface area contributed by atoms with Crippen LogP contribution in [-0.2, 0) is 4.79 Å². The second-order valence-corrected chi connectivity index (χ2v) is 4.20. The van der Waals surface area contributed by atoms with E-state index < -0.39 is 0 Å². The van der Waals surface area contributed by atoms with Gasteiger partial charge in [-0.05, 0) is 26.5 Å². The van der Waals surface area contributed by atoms with Crippen LogP contribution in [0.25, 0.3) is 0 Å². The molecule has 0 aliphatic heterocycles. The largest absolute Gasteiger partial charge is 0.396 e. The Hall–Kier alpha value is -0.220. The molecule has 0 unspecified atom stereocenters. The second kappa shape index (κ2) is 5.43. The Morgan fingerprint density at radius 1 is 1.58 bits per heavy atom. The Kier molecular flexibility index (Phi) is 5.33. The van der Waals surface area contributed by atoms with Crippen molar-refractivity contribution in [2.24, 2.45) is 0 Å². The summed E-state index contributed by atoms with van der Waals surface area (Å²) in [6, 6.07) is 0. The fourth-order valence-electron chi connectivity index (χ4n) is 0.887. The van der Waals surface area contributed by atoms with Gasteiger partial charge in [-0.2, -0.15) is 11.8 Å². The minimum absolute atomic E-state index is 0.0287. The average molecular weight is 191 g/mol. The van der Waals surface area contributed by atoms with E-state index >= 15 is 0 Å². The average Bonchev–Trinajstić information content (AvgIpc) is 1.85. The highest BCUT2D eigenvalue weighted by atomic mass is 32.2. The van der Waals surface area contributed by atoms with Crippen LogP contribution >= 0.6 is 11.8 Å². The molecule has 12 heavy (non-hydrogen) atoms. The maximum Gasteiger partial charge on any atom is 0.230 e. The molecule has 0 saturated heterocycles. The zero-order valence-corrected chi connectivity index (χ0v) is 8.70. The van der Waals surface area contributed by atoms with E-state index in [4.69, 9.17) is 5.11 Å². The number of rotatable bonds is 5. The molecule has 0 radical (unpaired) electrons. The molecule has 0 aromatic carbocycles. The highest BCUT2D eigenvalue weighted by Gasteiger charge is 2.18. The molecule has 0 spiro atoms. The van der Waals surface area contributed by atoms with Crippen LogP contribution in [0.1, 0.15) is 20.3 Å². The number of carbonyl (C=O) groups is 1. The van der Waals surface area contributed by atoms with E-state index in [0.717, 1.165) is 0 Å². The summed E-state index contributed by atoms with van der Waals surface area (Å²) >= 11 is 1.49.